The number of hydrogen-bond donors (Lipinski definition) is 0. The highest BCUT2D eigenvalue weighted by Crippen LogP contribution is 2.31. The molecule has 2 rings (SSSR count). The summed E-state index contributed by atoms with van der Waals surface area (Å²) in [5, 5.41) is 0. The lowest BCUT2D eigenvalue weighted by molar-refractivity contribution is 0.103. The summed E-state index contributed by atoms with van der Waals surface area (Å²) in [6.07, 6.45) is 0. The Morgan fingerprint density at radius 2 is 1.48 bits per heavy atom. The van der Waals surface area contributed by atoms with Crippen molar-refractivity contribution in [3.63, 3.8) is 0 Å². The van der Waals surface area contributed by atoms with Crippen LogP contribution in [-0.4, -0.2) is 20.0 Å². The van der Waals surface area contributed by atoms with Gasteiger partial charge in [-0.2, -0.15) is 0 Å². The van der Waals surface area contributed by atoms with Gasteiger partial charge in [-0.1, -0.05) is 31.9 Å². The molecular formula is C16H14Br2O3. The first-order valence-electron chi connectivity index (χ1n) is 6.20. The number of carbonyl (C=O) groups is 1. The summed E-state index contributed by atoms with van der Waals surface area (Å²) < 4.78 is 12.2. The summed E-state index contributed by atoms with van der Waals surface area (Å²) in [6.45, 7) is 1.97. The van der Waals surface area contributed by atoms with Crippen molar-refractivity contribution in [2.75, 3.05) is 14.2 Å². The number of carbonyl (C=O) groups excluding carboxylic acids is 1. The Hall–Kier alpha value is -1.33. The molecule has 0 unspecified atom stereocenters. The van der Waals surface area contributed by atoms with Gasteiger partial charge in [-0.05, 0) is 42.8 Å². The molecule has 0 heterocycles. The minimum absolute atomic E-state index is 0.0719. The third-order valence-electron chi connectivity index (χ3n) is 3.19. The van der Waals surface area contributed by atoms with E-state index in [9.17, 15) is 4.79 Å². The number of halogens is 2. The van der Waals surface area contributed by atoms with E-state index in [1.807, 2.05) is 19.1 Å². The predicted octanol–water partition coefficient (Wildman–Crippen LogP) is 4.77. The van der Waals surface area contributed by atoms with Gasteiger partial charge in [-0.15, -0.1) is 0 Å². The SMILES string of the molecule is COc1ccc(C(=O)c2cc(Br)c(C)c(Br)c2)cc1OC. The van der Waals surface area contributed by atoms with Gasteiger partial charge >= 0.3 is 0 Å². The number of benzene rings is 2. The minimum atomic E-state index is -0.0719. The Bertz CT molecular complexity index is 673. The summed E-state index contributed by atoms with van der Waals surface area (Å²) in [5.41, 5.74) is 2.21. The summed E-state index contributed by atoms with van der Waals surface area (Å²) in [7, 11) is 3.11. The molecule has 0 aromatic heterocycles. The lowest BCUT2D eigenvalue weighted by atomic mass is 10.0. The van der Waals surface area contributed by atoms with Crippen molar-refractivity contribution in [1.82, 2.24) is 0 Å². The maximum absolute atomic E-state index is 12.6. The van der Waals surface area contributed by atoms with Gasteiger partial charge < -0.3 is 9.47 Å². The Balaban J connectivity index is 2.45. The fourth-order valence-electron chi connectivity index (χ4n) is 1.92. The number of ketones is 1. The Morgan fingerprint density at radius 1 is 0.905 bits per heavy atom. The molecule has 0 atom stereocenters. The molecule has 21 heavy (non-hydrogen) atoms. The summed E-state index contributed by atoms with van der Waals surface area (Å²) in [5.74, 6) is 1.06. The van der Waals surface area contributed by atoms with Crippen molar-refractivity contribution >= 4 is 37.6 Å². The van der Waals surface area contributed by atoms with Gasteiger partial charge in [0.05, 0.1) is 14.2 Å². The standard InChI is InChI=1S/C16H14Br2O3/c1-9-12(17)6-11(7-13(9)18)16(19)10-4-5-14(20-2)15(8-10)21-3/h4-8H,1-3H3. The molecule has 0 saturated carbocycles. The fourth-order valence-corrected chi connectivity index (χ4v) is 3.11. The third-order valence-corrected chi connectivity index (χ3v) is 4.84. The fraction of sp³-hybridized carbons (Fsp3) is 0.188. The van der Waals surface area contributed by atoms with E-state index in [2.05, 4.69) is 31.9 Å². The summed E-state index contributed by atoms with van der Waals surface area (Å²) in [4.78, 5) is 12.6. The quantitative estimate of drug-likeness (QED) is 0.677. The molecule has 0 aliphatic carbocycles. The topological polar surface area (TPSA) is 35.5 Å². The van der Waals surface area contributed by atoms with Crippen LogP contribution in [0.4, 0.5) is 0 Å². The van der Waals surface area contributed by atoms with Crippen molar-refractivity contribution in [2.45, 2.75) is 6.92 Å². The Kier molecular flexibility index (Phi) is 5.06. The highest BCUT2D eigenvalue weighted by Gasteiger charge is 2.15. The Labute approximate surface area is 140 Å². The van der Waals surface area contributed by atoms with Gasteiger partial charge in [0.1, 0.15) is 0 Å². The van der Waals surface area contributed by atoms with Gasteiger partial charge in [-0.3, -0.25) is 4.79 Å². The second-order valence-corrected chi connectivity index (χ2v) is 6.17. The van der Waals surface area contributed by atoms with Crippen LogP contribution in [0, 0.1) is 6.92 Å². The molecule has 0 radical (unpaired) electrons. The average Bonchev–Trinajstić information content (AvgIpc) is 2.50. The van der Waals surface area contributed by atoms with Gasteiger partial charge in [0.2, 0.25) is 0 Å². The highest BCUT2D eigenvalue weighted by atomic mass is 79.9. The maximum atomic E-state index is 12.6. The predicted molar refractivity (Wildman–Crippen MR) is 89.6 cm³/mol. The normalized spacial score (nSPS) is 10.3. The molecule has 0 N–H and O–H groups in total. The van der Waals surface area contributed by atoms with Crippen LogP contribution in [0.1, 0.15) is 21.5 Å². The first-order valence-corrected chi connectivity index (χ1v) is 7.79. The van der Waals surface area contributed by atoms with Crippen LogP contribution in [0.25, 0.3) is 0 Å². The van der Waals surface area contributed by atoms with Crippen LogP contribution in [0.3, 0.4) is 0 Å². The maximum Gasteiger partial charge on any atom is 0.193 e. The molecule has 0 bridgehead atoms. The smallest absolute Gasteiger partial charge is 0.193 e. The van der Waals surface area contributed by atoms with Crippen molar-refractivity contribution < 1.29 is 14.3 Å². The van der Waals surface area contributed by atoms with Crippen LogP contribution in [0.5, 0.6) is 11.5 Å². The van der Waals surface area contributed by atoms with Crippen molar-refractivity contribution in [1.29, 1.82) is 0 Å². The summed E-state index contributed by atoms with van der Waals surface area (Å²) >= 11 is 6.92. The highest BCUT2D eigenvalue weighted by molar-refractivity contribution is 9.11. The van der Waals surface area contributed by atoms with E-state index in [-0.39, 0.29) is 5.78 Å². The average molecular weight is 414 g/mol. The van der Waals surface area contributed by atoms with Crippen LogP contribution >= 0.6 is 31.9 Å². The molecule has 2 aromatic carbocycles. The van der Waals surface area contributed by atoms with E-state index >= 15 is 0 Å². The zero-order chi connectivity index (χ0) is 15.6. The molecular weight excluding hydrogens is 400 g/mol. The molecule has 0 spiro atoms. The van der Waals surface area contributed by atoms with E-state index in [1.54, 1.807) is 32.4 Å². The van der Waals surface area contributed by atoms with Crippen LogP contribution < -0.4 is 9.47 Å². The molecule has 0 aliphatic heterocycles. The molecule has 0 fully saturated rings. The van der Waals surface area contributed by atoms with Gasteiger partial charge in [-0.25, -0.2) is 0 Å². The first kappa shape index (κ1) is 16.0. The molecule has 0 amide bonds. The number of methoxy groups -OCH3 is 2. The molecule has 3 nitrogen and oxygen atoms in total. The third kappa shape index (κ3) is 3.30. The molecule has 0 saturated heterocycles. The number of hydrogen-bond acceptors (Lipinski definition) is 3. The second-order valence-electron chi connectivity index (χ2n) is 4.46. The molecule has 5 heteroatoms. The lowest BCUT2D eigenvalue weighted by Gasteiger charge is -2.10. The first-order chi connectivity index (χ1) is 9.97. The van der Waals surface area contributed by atoms with Crippen LogP contribution in [0.2, 0.25) is 0 Å². The van der Waals surface area contributed by atoms with Crippen molar-refractivity contribution in [2.24, 2.45) is 0 Å². The lowest BCUT2D eigenvalue weighted by Crippen LogP contribution is -2.03. The van der Waals surface area contributed by atoms with Gasteiger partial charge in [0.25, 0.3) is 0 Å². The molecule has 110 valence electrons. The zero-order valence-corrected chi connectivity index (χ0v) is 15.0. The van der Waals surface area contributed by atoms with E-state index in [0.29, 0.717) is 22.6 Å². The minimum Gasteiger partial charge on any atom is -0.493 e. The van der Waals surface area contributed by atoms with Crippen molar-refractivity contribution in [3.05, 3.63) is 56.0 Å². The van der Waals surface area contributed by atoms with Gasteiger partial charge in [0.15, 0.2) is 17.3 Å². The van der Waals surface area contributed by atoms with E-state index in [0.717, 1.165) is 14.5 Å². The van der Waals surface area contributed by atoms with Gasteiger partial charge in [0, 0.05) is 20.1 Å². The molecule has 2 aromatic rings. The largest absolute Gasteiger partial charge is 0.493 e. The summed E-state index contributed by atoms with van der Waals surface area (Å²) in [6, 6.07) is 8.77. The number of rotatable bonds is 4. The Morgan fingerprint density at radius 3 is 2.00 bits per heavy atom. The second kappa shape index (κ2) is 6.62. The number of ether oxygens (including phenoxy) is 2. The van der Waals surface area contributed by atoms with Crippen LogP contribution in [0.15, 0.2) is 39.3 Å². The zero-order valence-electron chi connectivity index (χ0n) is 11.9. The van der Waals surface area contributed by atoms with E-state index < -0.39 is 0 Å². The monoisotopic (exact) mass is 412 g/mol. The van der Waals surface area contributed by atoms with E-state index in [4.69, 9.17) is 9.47 Å². The van der Waals surface area contributed by atoms with Crippen molar-refractivity contribution in [3.8, 4) is 11.5 Å². The van der Waals surface area contributed by atoms with E-state index in [1.165, 1.54) is 0 Å². The van der Waals surface area contributed by atoms with Crippen LogP contribution in [-0.2, 0) is 0 Å². The molecule has 0 aliphatic rings.